The number of pyridine rings is 1. The van der Waals surface area contributed by atoms with Gasteiger partial charge in [-0.05, 0) is 55.9 Å². The lowest BCUT2D eigenvalue weighted by molar-refractivity contribution is 0.670. The molecular formula is C37H23NO. The number of hydrogen-bond donors (Lipinski definition) is 0. The van der Waals surface area contributed by atoms with Gasteiger partial charge < -0.3 is 4.42 Å². The smallest absolute Gasteiger partial charge is 0.143 e. The highest BCUT2D eigenvalue weighted by Gasteiger charge is 2.17. The topological polar surface area (TPSA) is 26.0 Å². The van der Waals surface area contributed by atoms with Crippen LogP contribution in [0, 0.1) is 0 Å². The van der Waals surface area contributed by atoms with Crippen LogP contribution in [0.5, 0.6) is 0 Å². The van der Waals surface area contributed by atoms with Crippen LogP contribution in [0.1, 0.15) is 0 Å². The molecule has 0 aliphatic heterocycles. The second-order valence-corrected chi connectivity index (χ2v) is 9.94. The first-order valence-electron chi connectivity index (χ1n) is 13.2. The summed E-state index contributed by atoms with van der Waals surface area (Å²) in [5, 5.41) is 7.24. The van der Waals surface area contributed by atoms with Crippen molar-refractivity contribution < 1.29 is 4.42 Å². The number of aromatic nitrogens is 1. The molecule has 0 aliphatic rings. The maximum absolute atomic E-state index is 6.32. The van der Waals surface area contributed by atoms with E-state index in [1.54, 1.807) is 0 Å². The molecular weight excluding hydrogens is 474 g/mol. The fourth-order valence-corrected chi connectivity index (χ4v) is 6.05. The summed E-state index contributed by atoms with van der Waals surface area (Å²) >= 11 is 0. The molecule has 39 heavy (non-hydrogen) atoms. The Balaban J connectivity index is 1.35. The zero-order valence-corrected chi connectivity index (χ0v) is 21.1. The summed E-state index contributed by atoms with van der Waals surface area (Å²) < 4.78 is 6.32. The van der Waals surface area contributed by atoms with Crippen molar-refractivity contribution in [3.8, 4) is 33.4 Å². The summed E-state index contributed by atoms with van der Waals surface area (Å²) in [6.07, 6.45) is 3.79. The molecule has 0 N–H and O–H groups in total. The van der Waals surface area contributed by atoms with Crippen molar-refractivity contribution in [2.24, 2.45) is 0 Å². The zero-order chi connectivity index (χ0) is 25.8. The molecule has 8 rings (SSSR count). The summed E-state index contributed by atoms with van der Waals surface area (Å²) in [7, 11) is 0. The van der Waals surface area contributed by atoms with Gasteiger partial charge in [-0.3, -0.25) is 4.98 Å². The number of nitrogens with zero attached hydrogens (tertiary/aromatic N) is 1. The minimum absolute atomic E-state index is 0.920. The highest BCUT2D eigenvalue weighted by atomic mass is 16.3. The molecule has 6 aromatic carbocycles. The third-order valence-corrected chi connectivity index (χ3v) is 7.77. The molecule has 2 aromatic heterocycles. The van der Waals surface area contributed by atoms with E-state index < -0.39 is 0 Å². The standard InChI is InChI=1S/C37H23NO/c1-3-13-31-29(11-1)35(30-12-2-4-14-32(30)36(31)26-9-8-22-38-23-26)25-20-18-24(19-21-25)27-15-7-16-33-28-10-5-6-17-34(28)39-37(27)33/h1-23H. The molecule has 2 heterocycles. The van der Waals surface area contributed by atoms with E-state index >= 15 is 0 Å². The number of rotatable bonds is 3. The first kappa shape index (κ1) is 21.8. The highest BCUT2D eigenvalue weighted by molar-refractivity contribution is 6.21. The third kappa shape index (κ3) is 3.39. The van der Waals surface area contributed by atoms with Gasteiger partial charge in [0.05, 0.1) is 0 Å². The maximum Gasteiger partial charge on any atom is 0.143 e. The molecule has 0 saturated carbocycles. The summed E-state index contributed by atoms with van der Waals surface area (Å²) in [5.74, 6) is 0. The molecule has 8 aromatic rings. The average molecular weight is 498 g/mol. The van der Waals surface area contributed by atoms with Crippen LogP contribution in [0.3, 0.4) is 0 Å². The number of para-hydroxylation sites is 2. The molecule has 0 amide bonds. The zero-order valence-electron chi connectivity index (χ0n) is 21.1. The normalized spacial score (nSPS) is 11.6. The van der Waals surface area contributed by atoms with Crippen molar-refractivity contribution in [1.82, 2.24) is 4.98 Å². The predicted molar refractivity (Wildman–Crippen MR) is 163 cm³/mol. The molecule has 0 aliphatic carbocycles. The van der Waals surface area contributed by atoms with Gasteiger partial charge in [0.2, 0.25) is 0 Å². The fourth-order valence-electron chi connectivity index (χ4n) is 6.05. The number of fused-ring (bicyclic) bond motifs is 5. The van der Waals surface area contributed by atoms with Gasteiger partial charge in [-0.15, -0.1) is 0 Å². The lowest BCUT2D eigenvalue weighted by atomic mass is 9.86. The highest BCUT2D eigenvalue weighted by Crippen LogP contribution is 2.44. The number of hydrogen-bond acceptors (Lipinski definition) is 2. The largest absolute Gasteiger partial charge is 0.455 e. The lowest BCUT2D eigenvalue weighted by Gasteiger charge is -2.17. The number of furan rings is 1. The molecule has 182 valence electrons. The van der Waals surface area contributed by atoms with E-state index in [1.807, 2.05) is 30.6 Å². The van der Waals surface area contributed by atoms with E-state index in [1.165, 1.54) is 38.2 Å². The van der Waals surface area contributed by atoms with Crippen LogP contribution in [0.15, 0.2) is 144 Å². The van der Waals surface area contributed by atoms with Gasteiger partial charge in [0.1, 0.15) is 11.2 Å². The Hall–Kier alpha value is -5.21. The van der Waals surface area contributed by atoms with Crippen molar-refractivity contribution in [2.45, 2.75) is 0 Å². The first-order valence-corrected chi connectivity index (χ1v) is 13.2. The molecule has 2 nitrogen and oxygen atoms in total. The minimum atomic E-state index is 0.920. The Morgan fingerprint density at radius 2 is 0.974 bits per heavy atom. The van der Waals surface area contributed by atoms with E-state index in [4.69, 9.17) is 4.42 Å². The summed E-state index contributed by atoms with van der Waals surface area (Å²) in [5.41, 5.74) is 8.91. The molecule has 2 heteroatoms. The van der Waals surface area contributed by atoms with Crippen molar-refractivity contribution in [1.29, 1.82) is 0 Å². The quantitative estimate of drug-likeness (QED) is 0.227. The molecule has 0 radical (unpaired) electrons. The van der Waals surface area contributed by atoms with Gasteiger partial charge in [-0.2, -0.15) is 0 Å². The van der Waals surface area contributed by atoms with Crippen molar-refractivity contribution in [2.75, 3.05) is 0 Å². The first-order chi connectivity index (χ1) is 19.4. The van der Waals surface area contributed by atoms with Crippen LogP contribution < -0.4 is 0 Å². The van der Waals surface area contributed by atoms with Crippen LogP contribution in [-0.4, -0.2) is 4.98 Å². The molecule has 0 fully saturated rings. The predicted octanol–water partition coefficient (Wildman–Crippen LogP) is 10.3. The van der Waals surface area contributed by atoms with E-state index in [9.17, 15) is 0 Å². The van der Waals surface area contributed by atoms with Gasteiger partial charge in [-0.1, -0.05) is 115 Å². The van der Waals surface area contributed by atoms with Gasteiger partial charge in [0.15, 0.2) is 0 Å². The third-order valence-electron chi connectivity index (χ3n) is 7.77. The van der Waals surface area contributed by atoms with E-state index in [0.29, 0.717) is 0 Å². The van der Waals surface area contributed by atoms with Gasteiger partial charge in [-0.25, -0.2) is 0 Å². The van der Waals surface area contributed by atoms with Crippen LogP contribution in [0.4, 0.5) is 0 Å². The van der Waals surface area contributed by atoms with Gasteiger partial charge >= 0.3 is 0 Å². The molecule has 0 saturated heterocycles. The van der Waals surface area contributed by atoms with Crippen LogP contribution in [0.2, 0.25) is 0 Å². The van der Waals surface area contributed by atoms with E-state index in [-0.39, 0.29) is 0 Å². The Morgan fingerprint density at radius 1 is 0.410 bits per heavy atom. The molecule has 0 atom stereocenters. The minimum Gasteiger partial charge on any atom is -0.455 e. The Labute approximate surface area is 225 Å². The van der Waals surface area contributed by atoms with Gasteiger partial charge in [0, 0.05) is 34.3 Å². The van der Waals surface area contributed by atoms with Crippen molar-refractivity contribution in [3.63, 3.8) is 0 Å². The Bertz CT molecular complexity index is 2100. The van der Waals surface area contributed by atoms with Crippen LogP contribution in [0.25, 0.3) is 76.9 Å². The van der Waals surface area contributed by atoms with E-state index in [0.717, 1.165) is 38.6 Å². The Kier molecular flexibility index (Phi) is 4.86. The Morgan fingerprint density at radius 3 is 1.62 bits per heavy atom. The van der Waals surface area contributed by atoms with Crippen LogP contribution in [-0.2, 0) is 0 Å². The molecule has 0 spiro atoms. The van der Waals surface area contributed by atoms with Crippen LogP contribution >= 0.6 is 0 Å². The average Bonchev–Trinajstić information content (AvgIpc) is 3.39. The van der Waals surface area contributed by atoms with Gasteiger partial charge in [0.25, 0.3) is 0 Å². The number of benzene rings is 6. The lowest BCUT2D eigenvalue weighted by Crippen LogP contribution is -1.91. The van der Waals surface area contributed by atoms with Crippen molar-refractivity contribution >= 4 is 43.5 Å². The SMILES string of the molecule is c1cncc(-c2c3ccccc3c(-c3ccc(-c4cccc5c4oc4ccccc45)cc3)c3ccccc23)c1. The summed E-state index contributed by atoms with van der Waals surface area (Å²) in [6, 6.07) is 45.2. The second-order valence-electron chi connectivity index (χ2n) is 9.94. The summed E-state index contributed by atoms with van der Waals surface area (Å²) in [6.45, 7) is 0. The van der Waals surface area contributed by atoms with E-state index in [2.05, 4.69) is 114 Å². The second kappa shape index (κ2) is 8.68. The molecule has 0 unspecified atom stereocenters. The maximum atomic E-state index is 6.32. The monoisotopic (exact) mass is 497 g/mol. The summed E-state index contributed by atoms with van der Waals surface area (Å²) in [4.78, 5) is 4.42. The fraction of sp³-hybridized carbons (Fsp3) is 0. The van der Waals surface area contributed by atoms with Crippen molar-refractivity contribution in [3.05, 3.63) is 140 Å². The molecule has 0 bridgehead atoms.